The number of ether oxygens (including phenoxy) is 1. The lowest BCUT2D eigenvalue weighted by molar-refractivity contribution is 0.0970. The fourth-order valence-corrected chi connectivity index (χ4v) is 3.28. The summed E-state index contributed by atoms with van der Waals surface area (Å²) in [6.07, 6.45) is 1.82. The number of imidazole rings is 1. The number of nitrogens with one attached hydrogen (secondary N) is 1. The van der Waals surface area contributed by atoms with Gasteiger partial charge in [-0.1, -0.05) is 23.8 Å². The monoisotopic (exact) mass is 353 g/mol. The summed E-state index contributed by atoms with van der Waals surface area (Å²) in [5.74, 6) is -0.355. The van der Waals surface area contributed by atoms with Crippen LogP contribution >= 0.6 is 0 Å². The van der Waals surface area contributed by atoms with Gasteiger partial charge in [-0.15, -0.1) is 0 Å². The van der Waals surface area contributed by atoms with Crippen molar-refractivity contribution in [2.45, 2.75) is 32.4 Å². The Kier molecular flexibility index (Phi) is 4.04. The number of H-pyrrole nitrogens is 1. The lowest BCUT2D eigenvalue weighted by Gasteiger charge is -2.10. The lowest BCUT2D eigenvalue weighted by Crippen LogP contribution is -2.24. The highest BCUT2D eigenvalue weighted by Gasteiger charge is 2.23. The number of rotatable bonds is 4. The molecule has 8 nitrogen and oxygen atoms in total. The van der Waals surface area contributed by atoms with Gasteiger partial charge in [-0.25, -0.2) is 14.8 Å². The Hall–Kier alpha value is -3.00. The first-order chi connectivity index (χ1) is 12.5. The molecule has 0 bridgehead atoms. The molecule has 2 aromatic heterocycles. The highest BCUT2D eigenvalue weighted by atomic mass is 16.5. The van der Waals surface area contributed by atoms with Crippen molar-refractivity contribution in [3.8, 4) is 11.4 Å². The van der Waals surface area contributed by atoms with Gasteiger partial charge in [0, 0.05) is 12.2 Å². The third-order valence-electron chi connectivity index (χ3n) is 4.54. The van der Waals surface area contributed by atoms with Crippen LogP contribution in [0, 0.1) is 6.92 Å². The van der Waals surface area contributed by atoms with E-state index in [4.69, 9.17) is 10.5 Å². The fourth-order valence-electron chi connectivity index (χ4n) is 3.28. The number of carbonyl (C=O) groups is 1. The largest absolute Gasteiger partial charge is 0.376 e. The van der Waals surface area contributed by atoms with E-state index in [1.165, 1.54) is 4.57 Å². The maximum atomic E-state index is 12.4. The minimum atomic E-state index is -0.711. The van der Waals surface area contributed by atoms with Crippen molar-refractivity contribution in [1.29, 1.82) is 0 Å². The van der Waals surface area contributed by atoms with Crippen LogP contribution in [0.15, 0.2) is 29.1 Å². The number of primary amides is 1. The smallest absolute Gasteiger partial charge is 0.327 e. The topological polar surface area (TPSA) is 116 Å². The molecule has 0 unspecified atom stereocenters. The average Bonchev–Trinajstić information content (AvgIpc) is 3.23. The number of amides is 1. The third kappa shape index (κ3) is 2.88. The molecule has 0 spiro atoms. The van der Waals surface area contributed by atoms with Crippen LogP contribution in [0.2, 0.25) is 0 Å². The van der Waals surface area contributed by atoms with Gasteiger partial charge in [0.25, 0.3) is 5.91 Å². The summed E-state index contributed by atoms with van der Waals surface area (Å²) >= 11 is 0. The van der Waals surface area contributed by atoms with Crippen LogP contribution in [0.25, 0.3) is 22.6 Å². The van der Waals surface area contributed by atoms with Crippen LogP contribution in [-0.2, 0) is 11.3 Å². The molecule has 0 radical (unpaired) electrons. The Morgan fingerprint density at radius 1 is 1.42 bits per heavy atom. The van der Waals surface area contributed by atoms with E-state index in [0.717, 1.165) is 24.0 Å². The second-order valence-corrected chi connectivity index (χ2v) is 6.50. The highest BCUT2D eigenvalue weighted by molar-refractivity contribution is 6.01. The number of fused-ring (bicyclic) bond motifs is 1. The molecule has 0 saturated carbocycles. The van der Waals surface area contributed by atoms with E-state index in [-0.39, 0.29) is 23.0 Å². The number of aromatic nitrogens is 4. The molecule has 1 aromatic carbocycles. The molecule has 3 heterocycles. The third-order valence-corrected chi connectivity index (χ3v) is 4.54. The lowest BCUT2D eigenvalue weighted by atomic mass is 10.1. The van der Waals surface area contributed by atoms with Gasteiger partial charge in [-0.3, -0.25) is 9.36 Å². The van der Waals surface area contributed by atoms with Crippen LogP contribution in [0.5, 0.6) is 0 Å². The fraction of sp³-hybridized carbons (Fsp3) is 0.333. The molecule has 1 amide bonds. The second kappa shape index (κ2) is 6.38. The summed E-state index contributed by atoms with van der Waals surface area (Å²) in [6.45, 7) is 3.03. The molecule has 8 heteroatoms. The molecule has 0 aliphatic carbocycles. The van der Waals surface area contributed by atoms with E-state index in [1.807, 2.05) is 31.2 Å². The first-order valence-corrected chi connectivity index (χ1v) is 8.52. The van der Waals surface area contributed by atoms with Crippen molar-refractivity contribution >= 4 is 17.1 Å². The number of aryl methyl sites for hydroxylation is 1. The molecular weight excluding hydrogens is 334 g/mol. The Morgan fingerprint density at radius 2 is 2.27 bits per heavy atom. The quantitative estimate of drug-likeness (QED) is 0.735. The van der Waals surface area contributed by atoms with Gasteiger partial charge < -0.3 is 15.5 Å². The van der Waals surface area contributed by atoms with Crippen LogP contribution in [0.1, 0.15) is 28.9 Å². The van der Waals surface area contributed by atoms with E-state index in [1.54, 1.807) is 0 Å². The Labute approximate surface area is 149 Å². The summed E-state index contributed by atoms with van der Waals surface area (Å²) < 4.78 is 7.13. The zero-order chi connectivity index (χ0) is 18.3. The Morgan fingerprint density at radius 3 is 2.96 bits per heavy atom. The van der Waals surface area contributed by atoms with Crippen molar-refractivity contribution in [3.05, 3.63) is 46.0 Å². The normalized spacial score (nSPS) is 17.0. The van der Waals surface area contributed by atoms with Gasteiger partial charge in [0.1, 0.15) is 5.52 Å². The minimum Gasteiger partial charge on any atom is -0.376 e. The predicted octanol–water partition coefficient (Wildman–Crippen LogP) is 1.37. The predicted molar refractivity (Wildman–Crippen MR) is 95.8 cm³/mol. The van der Waals surface area contributed by atoms with Crippen LogP contribution in [0.4, 0.5) is 0 Å². The molecule has 1 fully saturated rings. The summed E-state index contributed by atoms with van der Waals surface area (Å²) in [5, 5.41) is 0. The van der Waals surface area contributed by atoms with Crippen LogP contribution in [-0.4, -0.2) is 38.1 Å². The summed E-state index contributed by atoms with van der Waals surface area (Å²) in [4.78, 5) is 35.9. The molecule has 1 atom stereocenters. The second-order valence-electron chi connectivity index (χ2n) is 6.50. The van der Waals surface area contributed by atoms with E-state index in [0.29, 0.717) is 24.6 Å². The summed E-state index contributed by atoms with van der Waals surface area (Å²) in [7, 11) is 0. The molecule has 3 N–H and O–H groups in total. The van der Waals surface area contributed by atoms with Crippen LogP contribution in [0.3, 0.4) is 0 Å². The maximum absolute atomic E-state index is 12.4. The zero-order valence-corrected chi connectivity index (χ0v) is 14.4. The molecule has 4 rings (SSSR count). The Balaban J connectivity index is 1.91. The minimum absolute atomic E-state index is 0.00898. The van der Waals surface area contributed by atoms with E-state index >= 15 is 0 Å². The van der Waals surface area contributed by atoms with Gasteiger partial charge in [-0.2, -0.15) is 0 Å². The number of aromatic amines is 1. The van der Waals surface area contributed by atoms with E-state index in [9.17, 15) is 9.59 Å². The molecule has 3 aromatic rings. The first-order valence-electron chi connectivity index (χ1n) is 8.52. The number of benzene rings is 1. The van der Waals surface area contributed by atoms with E-state index in [2.05, 4.69) is 15.0 Å². The molecular formula is C18H19N5O3. The van der Waals surface area contributed by atoms with Crippen molar-refractivity contribution in [2.24, 2.45) is 5.73 Å². The summed E-state index contributed by atoms with van der Waals surface area (Å²) in [6, 6.07) is 7.62. The summed E-state index contributed by atoms with van der Waals surface area (Å²) in [5.41, 5.74) is 7.57. The maximum Gasteiger partial charge on any atom is 0.327 e. The number of nitrogens with two attached hydrogens (primary N) is 1. The molecule has 1 aliphatic rings. The molecule has 26 heavy (non-hydrogen) atoms. The SMILES string of the molecule is Cc1cccc(-c2nc(C(N)=O)c3[nH]c(=O)n(C[C@@H]4CCCO4)c3n2)c1. The van der Waals surface area contributed by atoms with Gasteiger partial charge in [0.2, 0.25) is 0 Å². The van der Waals surface area contributed by atoms with Gasteiger partial charge in [0.15, 0.2) is 17.2 Å². The molecule has 134 valence electrons. The number of nitrogens with zero attached hydrogens (tertiary/aromatic N) is 3. The zero-order valence-electron chi connectivity index (χ0n) is 14.4. The van der Waals surface area contributed by atoms with Gasteiger partial charge >= 0.3 is 5.69 Å². The molecule has 1 saturated heterocycles. The van der Waals surface area contributed by atoms with Gasteiger partial charge in [-0.05, 0) is 25.8 Å². The average molecular weight is 353 g/mol. The van der Waals surface area contributed by atoms with Crippen molar-refractivity contribution in [1.82, 2.24) is 19.5 Å². The number of carbonyl (C=O) groups excluding carboxylic acids is 1. The van der Waals surface area contributed by atoms with Crippen molar-refractivity contribution in [2.75, 3.05) is 6.61 Å². The number of hydrogen-bond acceptors (Lipinski definition) is 5. The number of hydrogen-bond donors (Lipinski definition) is 2. The molecule has 1 aliphatic heterocycles. The Bertz CT molecular complexity index is 1050. The van der Waals surface area contributed by atoms with Crippen molar-refractivity contribution < 1.29 is 9.53 Å². The van der Waals surface area contributed by atoms with Gasteiger partial charge in [0.05, 0.1) is 12.6 Å². The first kappa shape index (κ1) is 16.5. The highest BCUT2D eigenvalue weighted by Crippen LogP contribution is 2.22. The standard InChI is InChI=1S/C18H19N5O3/c1-10-4-2-5-11(8-10)16-20-13(15(19)24)14-17(22-16)23(18(25)21-14)9-12-6-3-7-26-12/h2,4-5,8,12H,3,6-7,9H2,1H3,(H2,19,24)(H,21,25)/t12-/m0/s1. The van der Waals surface area contributed by atoms with E-state index < -0.39 is 5.91 Å². The van der Waals surface area contributed by atoms with Crippen molar-refractivity contribution in [3.63, 3.8) is 0 Å². The van der Waals surface area contributed by atoms with Crippen LogP contribution < -0.4 is 11.4 Å².